The molecule has 0 aromatic rings. The summed E-state index contributed by atoms with van der Waals surface area (Å²) >= 11 is 0. The van der Waals surface area contributed by atoms with E-state index in [1.165, 1.54) is 38.5 Å². The van der Waals surface area contributed by atoms with Crippen LogP contribution in [-0.2, 0) is 0 Å². The van der Waals surface area contributed by atoms with Crippen LogP contribution in [0.3, 0.4) is 0 Å². The van der Waals surface area contributed by atoms with Crippen molar-refractivity contribution in [3.63, 3.8) is 0 Å². The first-order valence-electron chi connectivity index (χ1n) is 6.79. The molecule has 4 fully saturated rings. The fourth-order valence-electron chi connectivity index (χ4n) is 5.34. The molecule has 16 heavy (non-hydrogen) atoms. The highest BCUT2D eigenvalue weighted by Gasteiger charge is 2.58. The van der Waals surface area contributed by atoms with Gasteiger partial charge >= 0.3 is 0 Å². The van der Waals surface area contributed by atoms with Gasteiger partial charge in [-0.15, -0.1) is 0 Å². The monoisotopic (exact) mass is 220 g/mol. The molecule has 0 saturated heterocycles. The fourth-order valence-corrected chi connectivity index (χ4v) is 5.34. The number of hydroxylamine groups is 3. The van der Waals surface area contributed by atoms with Gasteiger partial charge in [-0.25, -0.2) is 4.99 Å². The molecule has 1 atom stereocenters. The molecule has 3 nitrogen and oxygen atoms in total. The number of rotatable bonds is 1. The molecule has 1 unspecified atom stereocenters. The summed E-state index contributed by atoms with van der Waals surface area (Å²) in [6.07, 6.45) is 9.54. The van der Waals surface area contributed by atoms with Gasteiger partial charge < -0.3 is 9.85 Å². The van der Waals surface area contributed by atoms with Crippen molar-refractivity contribution in [2.24, 2.45) is 22.7 Å². The molecule has 1 aliphatic heterocycles. The number of hydrogen-bond donors (Lipinski definition) is 0. The van der Waals surface area contributed by atoms with Gasteiger partial charge in [0.1, 0.15) is 12.1 Å². The predicted molar refractivity (Wildman–Crippen MR) is 62.8 cm³/mol. The molecule has 0 radical (unpaired) electrons. The number of aliphatic imine (C=N–C) groups is 1. The Bertz CT molecular complexity index is 317. The van der Waals surface area contributed by atoms with Crippen molar-refractivity contribution < 1.29 is 4.65 Å². The van der Waals surface area contributed by atoms with E-state index in [1.807, 2.05) is 0 Å². The molecule has 1 heterocycles. The first-order valence-corrected chi connectivity index (χ1v) is 6.79. The summed E-state index contributed by atoms with van der Waals surface area (Å²) in [5.74, 6) is 2.59. The second-order valence-corrected chi connectivity index (χ2v) is 6.68. The van der Waals surface area contributed by atoms with Crippen molar-refractivity contribution in [1.29, 1.82) is 0 Å². The van der Waals surface area contributed by atoms with Gasteiger partial charge in [0.25, 0.3) is 0 Å². The molecule has 4 saturated carbocycles. The highest BCUT2D eigenvalue weighted by molar-refractivity contribution is 5.49. The Kier molecular flexibility index (Phi) is 1.73. The third kappa shape index (κ3) is 1.08. The van der Waals surface area contributed by atoms with E-state index in [0.29, 0.717) is 6.54 Å². The molecule has 0 aromatic heterocycles. The predicted octanol–water partition coefficient (Wildman–Crippen LogP) is 2.31. The topological polar surface area (TPSA) is 35.4 Å². The van der Waals surface area contributed by atoms with Gasteiger partial charge in [-0.05, 0) is 37.0 Å². The average molecular weight is 220 g/mol. The zero-order chi connectivity index (χ0) is 10.8. The van der Waals surface area contributed by atoms with Crippen LogP contribution in [0.5, 0.6) is 0 Å². The van der Waals surface area contributed by atoms with Gasteiger partial charge in [0.2, 0.25) is 0 Å². The molecule has 4 aliphatic carbocycles. The lowest BCUT2D eigenvalue weighted by atomic mass is 9.52. The third-order valence-corrected chi connectivity index (χ3v) is 5.64. The number of nitrogens with zero attached hydrogens (tertiary/aromatic N) is 2. The van der Waals surface area contributed by atoms with Gasteiger partial charge in [-0.1, -0.05) is 0 Å². The van der Waals surface area contributed by atoms with Gasteiger partial charge in [-0.2, -0.15) is 0 Å². The fraction of sp³-hybridized carbons (Fsp3) is 0.923. The van der Waals surface area contributed by atoms with Crippen LogP contribution < -0.4 is 0 Å². The normalized spacial score (nSPS) is 58.4. The number of hydrogen-bond acceptors (Lipinski definition) is 2. The zero-order valence-electron chi connectivity index (χ0n) is 9.77. The lowest BCUT2D eigenvalue weighted by Gasteiger charge is -2.63. The molecule has 0 N–H and O–H groups in total. The van der Waals surface area contributed by atoms with Crippen LogP contribution in [0.25, 0.3) is 0 Å². The van der Waals surface area contributed by atoms with E-state index in [1.54, 1.807) is 6.34 Å². The summed E-state index contributed by atoms with van der Waals surface area (Å²) in [4.78, 5) is 4.23. The summed E-state index contributed by atoms with van der Waals surface area (Å²) < 4.78 is -0.0729. The lowest BCUT2D eigenvalue weighted by Crippen LogP contribution is -2.66. The summed E-state index contributed by atoms with van der Waals surface area (Å²) in [6.45, 7) is 1.47. The minimum atomic E-state index is -0.0729. The van der Waals surface area contributed by atoms with E-state index in [2.05, 4.69) is 4.99 Å². The average Bonchev–Trinajstić information content (AvgIpc) is 2.64. The molecular weight excluding hydrogens is 200 g/mol. The van der Waals surface area contributed by atoms with E-state index in [-0.39, 0.29) is 10.2 Å². The molecular formula is C13H20N2O. The van der Waals surface area contributed by atoms with Crippen molar-refractivity contribution in [3.05, 3.63) is 5.21 Å². The second-order valence-electron chi connectivity index (χ2n) is 6.68. The molecule has 0 aromatic carbocycles. The van der Waals surface area contributed by atoms with Crippen molar-refractivity contribution in [3.8, 4) is 0 Å². The first-order chi connectivity index (χ1) is 7.69. The van der Waals surface area contributed by atoms with E-state index in [0.717, 1.165) is 24.3 Å². The van der Waals surface area contributed by atoms with Gasteiger partial charge in [0, 0.05) is 19.3 Å². The van der Waals surface area contributed by atoms with Gasteiger partial charge in [0.15, 0.2) is 6.34 Å². The maximum atomic E-state index is 12.9. The Balaban J connectivity index is 1.73. The van der Waals surface area contributed by atoms with E-state index >= 15 is 0 Å². The van der Waals surface area contributed by atoms with Crippen molar-refractivity contribution in [2.75, 3.05) is 13.1 Å². The SMILES string of the molecule is [O-][N+]1(C23CC4CC(CC(C4)C2)C3)C=NCC1. The Labute approximate surface area is 96.7 Å². The van der Waals surface area contributed by atoms with Crippen LogP contribution in [0.4, 0.5) is 0 Å². The molecule has 88 valence electrons. The number of quaternary nitrogens is 1. The third-order valence-electron chi connectivity index (χ3n) is 5.64. The van der Waals surface area contributed by atoms with Gasteiger partial charge in [-0.3, -0.25) is 0 Å². The minimum absolute atomic E-state index is 0.0503. The quantitative estimate of drug-likeness (QED) is 0.493. The molecule has 4 bridgehead atoms. The van der Waals surface area contributed by atoms with Gasteiger partial charge in [0.05, 0.1) is 6.54 Å². The van der Waals surface area contributed by atoms with Crippen LogP contribution in [0.1, 0.15) is 38.5 Å². The molecule has 5 rings (SSSR count). The minimum Gasteiger partial charge on any atom is -0.626 e. The van der Waals surface area contributed by atoms with E-state index < -0.39 is 0 Å². The molecule has 3 heteroatoms. The maximum absolute atomic E-state index is 12.9. The highest BCUT2D eigenvalue weighted by atomic mass is 16.6. The van der Waals surface area contributed by atoms with Crippen LogP contribution in [0.15, 0.2) is 4.99 Å². The Morgan fingerprint density at radius 3 is 2.06 bits per heavy atom. The first kappa shape index (κ1) is 9.60. The Morgan fingerprint density at radius 1 is 1.06 bits per heavy atom. The highest BCUT2D eigenvalue weighted by Crippen LogP contribution is 2.59. The maximum Gasteiger partial charge on any atom is 0.186 e. The summed E-state index contributed by atoms with van der Waals surface area (Å²) in [5.41, 5.74) is 0.0503. The standard InChI is InChI=1S/C13H20N2O/c16-15(2-1-14-9-15)13-6-10-3-11(7-13)5-12(4-10)8-13/h9-12H,1-8H2. The van der Waals surface area contributed by atoms with E-state index in [4.69, 9.17) is 0 Å². The molecule has 5 aliphatic rings. The Morgan fingerprint density at radius 2 is 1.62 bits per heavy atom. The molecule has 0 spiro atoms. The smallest absolute Gasteiger partial charge is 0.186 e. The van der Waals surface area contributed by atoms with Crippen molar-refractivity contribution in [1.82, 2.24) is 0 Å². The summed E-state index contributed by atoms with van der Waals surface area (Å²) in [6, 6.07) is 0. The summed E-state index contributed by atoms with van der Waals surface area (Å²) in [5, 5.41) is 12.9. The zero-order valence-corrected chi connectivity index (χ0v) is 9.77. The van der Waals surface area contributed by atoms with E-state index in [9.17, 15) is 5.21 Å². The summed E-state index contributed by atoms with van der Waals surface area (Å²) in [7, 11) is 0. The second kappa shape index (κ2) is 2.88. The largest absolute Gasteiger partial charge is 0.626 e. The van der Waals surface area contributed by atoms with Crippen LogP contribution >= 0.6 is 0 Å². The Hall–Kier alpha value is -0.410. The molecule has 0 amide bonds. The van der Waals surface area contributed by atoms with Crippen LogP contribution in [0, 0.1) is 23.0 Å². The van der Waals surface area contributed by atoms with Crippen molar-refractivity contribution in [2.45, 2.75) is 44.1 Å². The van der Waals surface area contributed by atoms with Crippen molar-refractivity contribution >= 4 is 6.34 Å². The van der Waals surface area contributed by atoms with Crippen LogP contribution in [-0.4, -0.2) is 29.6 Å². The lowest BCUT2D eigenvalue weighted by molar-refractivity contribution is -0.844. The van der Waals surface area contributed by atoms with Crippen LogP contribution in [0.2, 0.25) is 0 Å².